The van der Waals surface area contributed by atoms with Crippen LogP contribution in [0.25, 0.3) is 0 Å². The van der Waals surface area contributed by atoms with E-state index in [-0.39, 0.29) is 12.7 Å². The quantitative estimate of drug-likeness (QED) is 0.905. The Hall–Kier alpha value is -2.57. The SMILES string of the molecule is Cc1nc(C2(NC(=O)CCc3cccc4c3OCO4)CCC2)no1. The second kappa shape index (κ2) is 5.81. The first-order valence-corrected chi connectivity index (χ1v) is 8.16. The molecule has 7 heteroatoms. The number of amides is 1. The topological polar surface area (TPSA) is 86.5 Å². The largest absolute Gasteiger partial charge is 0.454 e. The number of nitrogens with zero attached hydrogens (tertiary/aromatic N) is 2. The molecule has 1 aliphatic heterocycles. The average Bonchev–Trinajstić information content (AvgIpc) is 3.17. The normalized spacial score (nSPS) is 17.4. The summed E-state index contributed by atoms with van der Waals surface area (Å²) >= 11 is 0. The number of carbonyl (C=O) groups excluding carboxylic acids is 1. The average molecular weight is 329 g/mol. The molecule has 0 saturated heterocycles. The maximum atomic E-state index is 12.4. The number of hydrogen-bond donors (Lipinski definition) is 1. The monoisotopic (exact) mass is 329 g/mol. The van der Waals surface area contributed by atoms with Gasteiger partial charge in [-0.05, 0) is 37.3 Å². The zero-order chi connectivity index (χ0) is 16.6. The molecule has 2 aliphatic rings. The second-order valence-electron chi connectivity index (χ2n) is 6.27. The minimum absolute atomic E-state index is 0.0197. The number of nitrogens with one attached hydrogen (secondary N) is 1. The van der Waals surface area contributed by atoms with Crippen LogP contribution >= 0.6 is 0 Å². The standard InChI is InChI=1S/C17H19N3O4/c1-11-18-16(20-24-11)17(8-3-9-17)19-14(21)7-6-12-4-2-5-13-15(12)23-10-22-13/h2,4-5H,3,6-10H2,1H3,(H,19,21). The number of ether oxygens (including phenoxy) is 2. The van der Waals surface area contributed by atoms with Crippen LogP contribution in [-0.2, 0) is 16.8 Å². The van der Waals surface area contributed by atoms with Crippen molar-refractivity contribution in [1.29, 1.82) is 0 Å². The van der Waals surface area contributed by atoms with E-state index in [1.165, 1.54) is 0 Å². The highest BCUT2D eigenvalue weighted by molar-refractivity contribution is 5.77. The van der Waals surface area contributed by atoms with Crippen molar-refractivity contribution >= 4 is 5.91 Å². The molecule has 2 heterocycles. The van der Waals surface area contributed by atoms with Gasteiger partial charge in [0.25, 0.3) is 0 Å². The fraction of sp³-hybridized carbons (Fsp3) is 0.471. The Morgan fingerprint density at radius 1 is 1.33 bits per heavy atom. The van der Waals surface area contributed by atoms with Crippen LogP contribution in [0, 0.1) is 6.92 Å². The molecule has 0 unspecified atom stereocenters. The number of aryl methyl sites for hydroxylation is 2. The van der Waals surface area contributed by atoms with Crippen LogP contribution in [0.15, 0.2) is 22.7 Å². The van der Waals surface area contributed by atoms with Crippen molar-refractivity contribution in [3.63, 3.8) is 0 Å². The molecule has 4 rings (SSSR count). The van der Waals surface area contributed by atoms with Gasteiger partial charge in [-0.2, -0.15) is 4.98 Å². The highest BCUT2D eigenvalue weighted by Gasteiger charge is 2.44. The van der Waals surface area contributed by atoms with Crippen LogP contribution in [0.3, 0.4) is 0 Å². The summed E-state index contributed by atoms with van der Waals surface area (Å²) in [7, 11) is 0. The van der Waals surface area contributed by atoms with E-state index in [0.717, 1.165) is 36.3 Å². The summed E-state index contributed by atoms with van der Waals surface area (Å²) < 4.78 is 15.9. The van der Waals surface area contributed by atoms with Gasteiger partial charge in [0.1, 0.15) is 5.54 Å². The van der Waals surface area contributed by atoms with Gasteiger partial charge in [0.05, 0.1) is 0 Å². The molecule has 0 bridgehead atoms. The molecule has 24 heavy (non-hydrogen) atoms. The lowest BCUT2D eigenvalue weighted by molar-refractivity contribution is -0.124. The van der Waals surface area contributed by atoms with Gasteiger partial charge < -0.3 is 19.3 Å². The van der Waals surface area contributed by atoms with Crippen LogP contribution < -0.4 is 14.8 Å². The maximum Gasteiger partial charge on any atom is 0.231 e. The van der Waals surface area contributed by atoms with Crippen molar-refractivity contribution in [1.82, 2.24) is 15.5 Å². The lowest BCUT2D eigenvalue weighted by Gasteiger charge is -2.39. The van der Waals surface area contributed by atoms with Gasteiger partial charge >= 0.3 is 0 Å². The van der Waals surface area contributed by atoms with Gasteiger partial charge in [-0.1, -0.05) is 17.3 Å². The zero-order valence-corrected chi connectivity index (χ0v) is 13.5. The van der Waals surface area contributed by atoms with Crippen molar-refractivity contribution in [2.24, 2.45) is 0 Å². The summed E-state index contributed by atoms with van der Waals surface area (Å²) in [6.07, 6.45) is 3.70. The fourth-order valence-electron chi connectivity index (χ4n) is 3.19. The van der Waals surface area contributed by atoms with E-state index in [1.54, 1.807) is 6.92 Å². The first kappa shape index (κ1) is 15.0. The molecule has 0 radical (unpaired) electrons. The molecular formula is C17H19N3O4. The lowest BCUT2D eigenvalue weighted by Crippen LogP contribution is -2.51. The number of carbonyl (C=O) groups is 1. The summed E-state index contributed by atoms with van der Waals surface area (Å²) in [5.74, 6) is 2.57. The van der Waals surface area contributed by atoms with Gasteiger partial charge in [-0.25, -0.2) is 0 Å². The third kappa shape index (κ3) is 2.60. The van der Waals surface area contributed by atoms with E-state index in [9.17, 15) is 4.79 Å². The number of para-hydroxylation sites is 1. The first-order chi connectivity index (χ1) is 11.7. The van der Waals surface area contributed by atoms with Gasteiger partial charge in [0, 0.05) is 13.3 Å². The third-order valence-corrected chi connectivity index (χ3v) is 4.64. The second-order valence-corrected chi connectivity index (χ2v) is 6.27. The molecule has 7 nitrogen and oxygen atoms in total. The highest BCUT2D eigenvalue weighted by Crippen LogP contribution is 2.40. The number of aromatic nitrogens is 2. The van der Waals surface area contributed by atoms with Crippen LogP contribution in [0.1, 0.15) is 43.0 Å². The van der Waals surface area contributed by atoms with Crippen LogP contribution in [-0.4, -0.2) is 22.8 Å². The smallest absolute Gasteiger partial charge is 0.231 e. The predicted octanol–water partition coefficient (Wildman–Crippen LogP) is 2.23. The van der Waals surface area contributed by atoms with Crippen molar-refractivity contribution in [3.8, 4) is 11.5 Å². The van der Waals surface area contributed by atoms with Crippen LogP contribution in [0.2, 0.25) is 0 Å². The van der Waals surface area contributed by atoms with Gasteiger partial charge in [0.2, 0.25) is 18.6 Å². The molecule has 1 saturated carbocycles. The molecule has 0 atom stereocenters. The molecule has 1 fully saturated rings. The van der Waals surface area contributed by atoms with E-state index in [1.807, 2.05) is 18.2 Å². The van der Waals surface area contributed by atoms with E-state index < -0.39 is 5.54 Å². The van der Waals surface area contributed by atoms with E-state index in [0.29, 0.717) is 24.6 Å². The maximum absolute atomic E-state index is 12.4. The Morgan fingerprint density at radius 2 is 2.21 bits per heavy atom. The summed E-state index contributed by atoms with van der Waals surface area (Å²) in [5, 5.41) is 7.09. The predicted molar refractivity (Wildman–Crippen MR) is 83.6 cm³/mol. The summed E-state index contributed by atoms with van der Waals surface area (Å²) in [6, 6.07) is 5.74. The van der Waals surface area contributed by atoms with Crippen molar-refractivity contribution in [3.05, 3.63) is 35.5 Å². The molecular weight excluding hydrogens is 310 g/mol. The number of benzene rings is 1. The molecule has 0 spiro atoms. The Bertz CT molecular complexity index is 767. The van der Waals surface area contributed by atoms with Crippen molar-refractivity contribution in [2.45, 2.75) is 44.6 Å². The molecule has 1 aromatic heterocycles. The molecule has 126 valence electrons. The first-order valence-electron chi connectivity index (χ1n) is 8.16. The molecule has 1 aliphatic carbocycles. The number of rotatable bonds is 5. The Labute approximate surface area is 139 Å². The van der Waals surface area contributed by atoms with Crippen molar-refractivity contribution < 1.29 is 18.8 Å². The van der Waals surface area contributed by atoms with Gasteiger partial charge in [-0.3, -0.25) is 4.79 Å². The Morgan fingerprint density at radius 3 is 2.92 bits per heavy atom. The number of fused-ring (bicyclic) bond motifs is 1. The molecule has 1 amide bonds. The summed E-state index contributed by atoms with van der Waals surface area (Å²) in [6.45, 7) is 1.99. The van der Waals surface area contributed by atoms with Crippen LogP contribution in [0.5, 0.6) is 11.5 Å². The fourth-order valence-corrected chi connectivity index (χ4v) is 3.19. The third-order valence-electron chi connectivity index (χ3n) is 4.64. The minimum atomic E-state index is -0.465. The van der Waals surface area contributed by atoms with E-state index >= 15 is 0 Å². The zero-order valence-electron chi connectivity index (χ0n) is 13.5. The van der Waals surface area contributed by atoms with E-state index in [2.05, 4.69) is 15.5 Å². The Kier molecular flexibility index (Phi) is 3.63. The van der Waals surface area contributed by atoms with Crippen LogP contribution in [0.4, 0.5) is 0 Å². The van der Waals surface area contributed by atoms with E-state index in [4.69, 9.17) is 14.0 Å². The molecule has 1 N–H and O–H groups in total. The minimum Gasteiger partial charge on any atom is -0.454 e. The van der Waals surface area contributed by atoms with Crippen molar-refractivity contribution in [2.75, 3.05) is 6.79 Å². The number of hydrogen-bond acceptors (Lipinski definition) is 6. The summed E-state index contributed by atoms with van der Waals surface area (Å²) in [4.78, 5) is 16.7. The highest BCUT2D eigenvalue weighted by atomic mass is 16.7. The Balaban J connectivity index is 1.41. The lowest BCUT2D eigenvalue weighted by atomic mass is 9.76. The molecule has 2 aromatic rings. The van der Waals surface area contributed by atoms with Gasteiger partial charge in [-0.15, -0.1) is 0 Å². The summed E-state index contributed by atoms with van der Waals surface area (Å²) in [5.41, 5.74) is 0.519. The molecule has 1 aromatic carbocycles. The van der Waals surface area contributed by atoms with Gasteiger partial charge in [0.15, 0.2) is 17.3 Å².